The lowest BCUT2D eigenvalue weighted by atomic mass is 10.2. The standard InChI is InChI=1S/C16H15N3O3S/c1-3-7-12-10-19(15-14(12)16(22-2)18-11-17-15)23(20,21)13-8-5-4-6-9-13/h3-11H,1-2H3. The topological polar surface area (TPSA) is 74.1 Å². The Bertz CT molecular complexity index is 976. The van der Waals surface area contributed by atoms with Crippen LogP contribution in [0.1, 0.15) is 12.5 Å². The molecule has 0 atom stereocenters. The molecule has 0 aliphatic rings. The van der Waals surface area contributed by atoms with Gasteiger partial charge >= 0.3 is 0 Å². The number of allylic oxidation sites excluding steroid dienone is 1. The maximum Gasteiger partial charge on any atom is 0.269 e. The third-order valence-electron chi connectivity index (χ3n) is 3.39. The van der Waals surface area contributed by atoms with Crippen LogP contribution in [0.4, 0.5) is 0 Å². The molecule has 0 spiro atoms. The van der Waals surface area contributed by atoms with Crippen LogP contribution in [0.15, 0.2) is 53.8 Å². The Balaban J connectivity index is 2.35. The lowest BCUT2D eigenvalue weighted by Crippen LogP contribution is -2.12. The molecule has 3 rings (SSSR count). The normalized spacial score (nSPS) is 12.1. The summed E-state index contributed by atoms with van der Waals surface area (Å²) in [6.45, 7) is 1.85. The molecule has 118 valence electrons. The first-order valence-corrected chi connectivity index (χ1v) is 8.37. The number of hydrogen-bond donors (Lipinski definition) is 0. The Kier molecular flexibility index (Phi) is 3.87. The Morgan fingerprint density at radius 2 is 1.91 bits per heavy atom. The number of benzene rings is 1. The summed E-state index contributed by atoms with van der Waals surface area (Å²) in [5.41, 5.74) is 0.966. The fourth-order valence-corrected chi connectivity index (χ4v) is 3.73. The van der Waals surface area contributed by atoms with Gasteiger partial charge in [0, 0.05) is 11.8 Å². The average Bonchev–Trinajstić information content (AvgIpc) is 2.96. The number of nitrogens with zero attached hydrogens (tertiary/aromatic N) is 3. The van der Waals surface area contributed by atoms with Crippen LogP contribution >= 0.6 is 0 Å². The summed E-state index contributed by atoms with van der Waals surface area (Å²) in [4.78, 5) is 8.40. The molecule has 0 radical (unpaired) electrons. The van der Waals surface area contributed by atoms with E-state index in [4.69, 9.17) is 4.74 Å². The molecule has 6 nitrogen and oxygen atoms in total. The predicted molar refractivity (Wildman–Crippen MR) is 87.8 cm³/mol. The highest BCUT2D eigenvalue weighted by Crippen LogP contribution is 2.30. The third kappa shape index (κ3) is 2.49. The fraction of sp³-hybridized carbons (Fsp3) is 0.125. The van der Waals surface area contributed by atoms with Crippen LogP contribution in [0.2, 0.25) is 0 Å². The zero-order chi connectivity index (χ0) is 16.4. The molecule has 0 aliphatic heterocycles. The average molecular weight is 329 g/mol. The van der Waals surface area contributed by atoms with Crippen molar-refractivity contribution in [3.8, 4) is 5.88 Å². The first-order valence-electron chi connectivity index (χ1n) is 6.93. The summed E-state index contributed by atoms with van der Waals surface area (Å²) in [5, 5.41) is 0.563. The summed E-state index contributed by atoms with van der Waals surface area (Å²) in [7, 11) is -2.26. The van der Waals surface area contributed by atoms with Gasteiger partial charge in [0.25, 0.3) is 10.0 Å². The van der Waals surface area contributed by atoms with Crippen LogP contribution in [-0.2, 0) is 10.0 Å². The molecule has 0 fully saturated rings. The minimum absolute atomic E-state index is 0.196. The van der Waals surface area contributed by atoms with Crippen molar-refractivity contribution in [2.24, 2.45) is 0 Å². The quantitative estimate of drug-likeness (QED) is 0.736. The molecule has 2 aromatic heterocycles. The van der Waals surface area contributed by atoms with Gasteiger partial charge in [-0.15, -0.1) is 0 Å². The van der Waals surface area contributed by atoms with Crippen molar-refractivity contribution in [1.29, 1.82) is 0 Å². The van der Waals surface area contributed by atoms with Gasteiger partial charge in [-0.05, 0) is 19.1 Å². The van der Waals surface area contributed by atoms with Gasteiger partial charge in [0.05, 0.1) is 17.4 Å². The first kappa shape index (κ1) is 15.2. The van der Waals surface area contributed by atoms with Crippen LogP contribution in [0.5, 0.6) is 5.88 Å². The van der Waals surface area contributed by atoms with E-state index < -0.39 is 10.0 Å². The minimum Gasteiger partial charge on any atom is -0.480 e. The molecule has 3 aromatic rings. The number of rotatable bonds is 4. The van der Waals surface area contributed by atoms with E-state index >= 15 is 0 Å². The number of methoxy groups -OCH3 is 1. The van der Waals surface area contributed by atoms with Crippen molar-refractivity contribution in [2.75, 3.05) is 7.11 Å². The zero-order valence-corrected chi connectivity index (χ0v) is 13.5. The van der Waals surface area contributed by atoms with Gasteiger partial charge in [0.15, 0.2) is 5.65 Å². The van der Waals surface area contributed by atoms with E-state index in [1.165, 1.54) is 19.6 Å². The van der Waals surface area contributed by atoms with Crippen molar-refractivity contribution < 1.29 is 13.2 Å². The largest absolute Gasteiger partial charge is 0.480 e. The number of hydrogen-bond acceptors (Lipinski definition) is 5. The molecule has 1 aromatic carbocycles. The Morgan fingerprint density at radius 3 is 2.57 bits per heavy atom. The molecule has 0 saturated heterocycles. The second kappa shape index (κ2) is 5.85. The van der Waals surface area contributed by atoms with Crippen molar-refractivity contribution in [2.45, 2.75) is 11.8 Å². The molecule has 0 aliphatic carbocycles. The van der Waals surface area contributed by atoms with Gasteiger partial charge in [0.1, 0.15) is 6.33 Å². The van der Waals surface area contributed by atoms with E-state index in [1.54, 1.807) is 36.4 Å². The monoisotopic (exact) mass is 329 g/mol. The molecule has 0 saturated carbocycles. The maximum atomic E-state index is 12.9. The zero-order valence-electron chi connectivity index (χ0n) is 12.7. The summed E-state index contributed by atoms with van der Waals surface area (Å²) >= 11 is 0. The second-order valence-corrected chi connectivity index (χ2v) is 6.59. The van der Waals surface area contributed by atoms with Gasteiger partial charge in [-0.2, -0.15) is 0 Å². The van der Waals surface area contributed by atoms with Gasteiger partial charge in [0.2, 0.25) is 5.88 Å². The van der Waals surface area contributed by atoms with Crippen molar-refractivity contribution in [1.82, 2.24) is 13.9 Å². The predicted octanol–water partition coefficient (Wildman–Crippen LogP) is 2.71. The Morgan fingerprint density at radius 1 is 1.17 bits per heavy atom. The van der Waals surface area contributed by atoms with Gasteiger partial charge < -0.3 is 4.74 Å². The van der Waals surface area contributed by atoms with E-state index in [0.29, 0.717) is 16.8 Å². The second-order valence-electron chi connectivity index (χ2n) is 4.78. The molecule has 0 unspecified atom stereocenters. The SMILES string of the molecule is CC=Cc1cn(S(=O)(=O)c2ccccc2)c2ncnc(OC)c12. The summed E-state index contributed by atoms with van der Waals surface area (Å²) in [6, 6.07) is 8.23. The fourth-order valence-electron chi connectivity index (χ4n) is 2.38. The Labute approximate surface area is 134 Å². The van der Waals surface area contributed by atoms with Gasteiger partial charge in [-0.25, -0.2) is 22.4 Å². The van der Waals surface area contributed by atoms with Crippen molar-refractivity contribution in [3.63, 3.8) is 0 Å². The highest BCUT2D eigenvalue weighted by Gasteiger charge is 2.23. The molecule has 7 heteroatoms. The first-order chi connectivity index (χ1) is 11.1. The van der Waals surface area contributed by atoms with Crippen LogP contribution < -0.4 is 4.74 Å². The van der Waals surface area contributed by atoms with Crippen molar-refractivity contribution in [3.05, 3.63) is 54.5 Å². The molecular formula is C16H15N3O3S. The van der Waals surface area contributed by atoms with Gasteiger partial charge in [-0.3, -0.25) is 0 Å². The lowest BCUT2D eigenvalue weighted by Gasteiger charge is -2.07. The molecular weight excluding hydrogens is 314 g/mol. The highest BCUT2D eigenvalue weighted by atomic mass is 32.2. The van der Waals surface area contributed by atoms with Crippen LogP contribution in [0.25, 0.3) is 17.1 Å². The summed E-state index contributed by atoms with van der Waals surface area (Å²) in [5.74, 6) is 0.338. The van der Waals surface area contributed by atoms with E-state index in [2.05, 4.69) is 9.97 Å². The maximum absolute atomic E-state index is 12.9. The lowest BCUT2D eigenvalue weighted by molar-refractivity contribution is 0.402. The minimum atomic E-state index is -3.75. The van der Waals surface area contributed by atoms with E-state index in [-0.39, 0.29) is 10.5 Å². The van der Waals surface area contributed by atoms with E-state index in [1.807, 2.05) is 13.0 Å². The molecule has 0 N–H and O–H groups in total. The Hall–Kier alpha value is -2.67. The smallest absolute Gasteiger partial charge is 0.269 e. The van der Waals surface area contributed by atoms with Gasteiger partial charge in [-0.1, -0.05) is 30.4 Å². The number of fused-ring (bicyclic) bond motifs is 1. The number of aromatic nitrogens is 3. The van der Waals surface area contributed by atoms with E-state index in [9.17, 15) is 8.42 Å². The van der Waals surface area contributed by atoms with Crippen LogP contribution in [-0.4, -0.2) is 29.5 Å². The molecule has 0 bridgehead atoms. The highest BCUT2D eigenvalue weighted by molar-refractivity contribution is 7.90. The van der Waals surface area contributed by atoms with E-state index in [0.717, 1.165) is 3.97 Å². The molecule has 0 amide bonds. The van der Waals surface area contributed by atoms with Crippen LogP contribution in [0, 0.1) is 0 Å². The summed E-state index contributed by atoms with van der Waals surface area (Å²) < 4.78 is 32.2. The number of ether oxygens (including phenoxy) is 1. The molecule has 23 heavy (non-hydrogen) atoms. The van der Waals surface area contributed by atoms with Crippen molar-refractivity contribution >= 4 is 27.1 Å². The van der Waals surface area contributed by atoms with Crippen LogP contribution in [0.3, 0.4) is 0 Å². The summed E-state index contributed by atoms with van der Waals surface area (Å²) in [6.07, 6.45) is 6.44. The molecule has 2 heterocycles. The third-order valence-corrected chi connectivity index (χ3v) is 5.05.